The molecule has 2 aromatic carbocycles. The topological polar surface area (TPSA) is 287 Å². The molecule has 0 heterocycles. The largest absolute Gasteiger partial charge is 0.480 e. The van der Waals surface area contributed by atoms with Gasteiger partial charge in [0.15, 0.2) is 0 Å². The Morgan fingerprint density at radius 2 is 0.906 bits per heavy atom. The van der Waals surface area contributed by atoms with Gasteiger partial charge in [-0.2, -0.15) is 0 Å². The van der Waals surface area contributed by atoms with Crippen molar-refractivity contribution in [1.29, 1.82) is 0 Å². The predicted octanol–water partition coefficient (Wildman–Crippen LogP) is 0.694. The van der Waals surface area contributed by atoms with Crippen LogP contribution in [0.2, 0.25) is 0 Å². The SMILES string of the molecule is CC(C)CC(N)C(=O)NCC(=O)NC(Cc1ccccc1)C(=O)NC(C(=O)NC(Cc1ccccc1)C(=O)NC(CC(C)C)C(=O)NC(C(=O)NC(C(=O)O)C(C)C)C(C)O)C(C)C. The lowest BCUT2D eigenvalue weighted by Gasteiger charge is -2.29. The van der Waals surface area contributed by atoms with Gasteiger partial charge in [-0.25, -0.2) is 4.79 Å². The zero-order valence-electron chi connectivity index (χ0n) is 38.5. The van der Waals surface area contributed by atoms with Crippen LogP contribution in [0.15, 0.2) is 60.7 Å². The number of aliphatic hydroxyl groups excluding tert-OH is 1. The molecule has 0 radical (unpaired) electrons. The normalized spacial score (nSPS) is 15.1. The molecule has 11 N–H and O–H groups in total. The lowest BCUT2D eigenvalue weighted by molar-refractivity contribution is -0.144. The highest BCUT2D eigenvalue weighted by molar-refractivity contribution is 5.97. The number of amides is 7. The molecule has 0 aliphatic rings. The van der Waals surface area contributed by atoms with E-state index in [4.69, 9.17) is 5.73 Å². The van der Waals surface area contributed by atoms with E-state index in [0.29, 0.717) is 17.5 Å². The van der Waals surface area contributed by atoms with E-state index in [1.165, 1.54) is 6.92 Å². The van der Waals surface area contributed by atoms with Gasteiger partial charge in [-0.1, -0.05) is 116 Å². The van der Waals surface area contributed by atoms with Gasteiger partial charge in [0.05, 0.1) is 18.7 Å². The van der Waals surface area contributed by atoms with E-state index >= 15 is 0 Å². The summed E-state index contributed by atoms with van der Waals surface area (Å²) >= 11 is 0. The fourth-order valence-electron chi connectivity index (χ4n) is 6.72. The Bertz CT molecular complexity index is 1860. The molecular weight excluding hydrogens is 825 g/mol. The minimum atomic E-state index is -1.57. The van der Waals surface area contributed by atoms with E-state index in [1.54, 1.807) is 102 Å². The van der Waals surface area contributed by atoms with Crippen molar-refractivity contribution < 1.29 is 48.6 Å². The quantitative estimate of drug-likeness (QED) is 0.0627. The van der Waals surface area contributed by atoms with E-state index in [1.807, 2.05) is 13.8 Å². The molecule has 7 amide bonds. The van der Waals surface area contributed by atoms with Gasteiger partial charge in [0.2, 0.25) is 41.4 Å². The van der Waals surface area contributed by atoms with Crippen molar-refractivity contribution in [2.45, 2.75) is 136 Å². The zero-order valence-corrected chi connectivity index (χ0v) is 38.5. The van der Waals surface area contributed by atoms with E-state index in [9.17, 15) is 48.6 Å². The molecule has 18 nitrogen and oxygen atoms in total. The van der Waals surface area contributed by atoms with Gasteiger partial charge in [-0.05, 0) is 54.6 Å². The Labute approximate surface area is 376 Å². The van der Waals surface area contributed by atoms with Crippen LogP contribution in [-0.4, -0.2) is 112 Å². The van der Waals surface area contributed by atoms with Crippen LogP contribution < -0.4 is 43.0 Å². The predicted molar refractivity (Wildman–Crippen MR) is 241 cm³/mol. The van der Waals surface area contributed by atoms with Crippen LogP contribution in [-0.2, 0) is 51.2 Å². The first-order valence-electron chi connectivity index (χ1n) is 21.8. The molecule has 0 aliphatic carbocycles. The van der Waals surface area contributed by atoms with Gasteiger partial charge in [-0.3, -0.25) is 33.6 Å². The minimum absolute atomic E-state index is 0.0308. The Balaban J connectivity index is 2.38. The second kappa shape index (κ2) is 26.7. The molecule has 18 heteroatoms. The zero-order chi connectivity index (χ0) is 48.3. The Morgan fingerprint density at radius 1 is 0.500 bits per heavy atom. The number of rotatable bonds is 26. The van der Waals surface area contributed by atoms with Crippen molar-refractivity contribution in [3.63, 3.8) is 0 Å². The van der Waals surface area contributed by atoms with Crippen LogP contribution >= 0.6 is 0 Å². The second-order valence-corrected chi connectivity index (χ2v) is 17.7. The van der Waals surface area contributed by atoms with Crippen LogP contribution in [0, 0.1) is 23.7 Å². The van der Waals surface area contributed by atoms with E-state index < -0.39 is 114 Å². The van der Waals surface area contributed by atoms with Crippen LogP contribution in [0.1, 0.15) is 86.3 Å². The van der Waals surface area contributed by atoms with Crippen LogP contribution in [0.3, 0.4) is 0 Å². The van der Waals surface area contributed by atoms with E-state index in [0.717, 1.165) is 0 Å². The molecule has 0 aliphatic heterocycles. The first kappa shape index (κ1) is 54.3. The number of aliphatic hydroxyl groups is 1. The van der Waals surface area contributed by atoms with Gasteiger partial charge in [0.1, 0.15) is 36.3 Å². The van der Waals surface area contributed by atoms with Gasteiger partial charge in [-0.15, -0.1) is 0 Å². The Hall–Kier alpha value is -5.88. The summed E-state index contributed by atoms with van der Waals surface area (Å²) in [5, 5.41) is 38.3. The average molecular weight is 895 g/mol. The number of benzene rings is 2. The van der Waals surface area contributed by atoms with Gasteiger partial charge < -0.3 is 53.2 Å². The molecule has 8 atom stereocenters. The highest BCUT2D eigenvalue weighted by Gasteiger charge is 2.36. The average Bonchev–Trinajstić information content (AvgIpc) is 3.21. The number of carboxylic acid groups (broad SMARTS) is 1. The highest BCUT2D eigenvalue weighted by Crippen LogP contribution is 2.12. The number of carbonyl (C=O) groups is 8. The molecule has 0 spiro atoms. The molecule has 0 saturated carbocycles. The first-order chi connectivity index (χ1) is 30.0. The van der Waals surface area contributed by atoms with Crippen LogP contribution in [0.25, 0.3) is 0 Å². The third kappa shape index (κ3) is 18.8. The van der Waals surface area contributed by atoms with Crippen molar-refractivity contribution >= 4 is 47.3 Å². The fraction of sp³-hybridized carbons (Fsp3) is 0.565. The molecule has 0 saturated heterocycles. The Morgan fingerprint density at radius 3 is 1.36 bits per heavy atom. The highest BCUT2D eigenvalue weighted by atomic mass is 16.4. The maximum Gasteiger partial charge on any atom is 0.326 e. The van der Waals surface area contributed by atoms with Crippen molar-refractivity contribution in [3.05, 3.63) is 71.8 Å². The molecule has 0 fully saturated rings. The number of carboxylic acids is 1. The molecular formula is C46H70N8O10. The molecule has 0 aromatic heterocycles. The maximum atomic E-state index is 14.2. The summed E-state index contributed by atoms with van der Waals surface area (Å²) in [4.78, 5) is 107. The summed E-state index contributed by atoms with van der Waals surface area (Å²) < 4.78 is 0. The van der Waals surface area contributed by atoms with Crippen molar-refractivity contribution in [2.75, 3.05) is 6.54 Å². The van der Waals surface area contributed by atoms with Crippen LogP contribution in [0.4, 0.5) is 0 Å². The monoisotopic (exact) mass is 895 g/mol. The maximum absolute atomic E-state index is 14.2. The first-order valence-corrected chi connectivity index (χ1v) is 21.8. The Kier molecular flexibility index (Phi) is 22.6. The number of hydrogen-bond donors (Lipinski definition) is 10. The van der Waals surface area contributed by atoms with Crippen molar-refractivity contribution in [3.8, 4) is 0 Å². The fourth-order valence-corrected chi connectivity index (χ4v) is 6.72. The number of hydrogen-bond acceptors (Lipinski definition) is 10. The third-order valence-corrected chi connectivity index (χ3v) is 10.2. The third-order valence-electron chi connectivity index (χ3n) is 10.2. The van der Waals surface area contributed by atoms with Gasteiger partial charge in [0.25, 0.3) is 0 Å². The molecule has 0 bridgehead atoms. The summed E-state index contributed by atoms with van der Waals surface area (Å²) in [6.45, 7) is 14.8. The van der Waals surface area contributed by atoms with Crippen molar-refractivity contribution in [1.82, 2.24) is 37.2 Å². The van der Waals surface area contributed by atoms with E-state index in [-0.39, 0.29) is 31.1 Å². The summed E-state index contributed by atoms with van der Waals surface area (Å²) in [6, 6.07) is 8.99. The smallest absolute Gasteiger partial charge is 0.326 e. The summed E-state index contributed by atoms with van der Waals surface area (Å²) in [6.07, 6.45) is -0.950. The molecule has 2 rings (SSSR count). The summed E-state index contributed by atoms with van der Waals surface area (Å²) in [7, 11) is 0. The lowest BCUT2D eigenvalue weighted by Crippen LogP contribution is -2.62. The molecule has 2 aromatic rings. The number of nitrogens with two attached hydrogens (primary N) is 1. The standard InChI is InChI=1S/C46H70N8O10/c1-25(2)20-32(47)40(57)48-24-36(56)49-34(22-30-16-12-10-13-17-30)43(60)52-37(27(5)6)44(61)51-35(23-31-18-14-11-15-19-31)41(58)50-33(21-26(3)4)42(59)54-39(29(9)55)45(62)53-38(28(7)8)46(63)64/h10-19,25-29,32-35,37-39,55H,20-24,47H2,1-9H3,(H,48,57)(H,49,56)(H,50,58)(H,51,61)(H,52,60)(H,53,62)(H,54,59)(H,63,64). The lowest BCUT2D eigenvalue weighted by atomic mass is 9.98. The summed E-state index contributed by atoms with van der Waals surface area (Å²) in [5.41, 5.74) is 7.32. The molecule has 8 unspecified atom stereocenters. The number of aliphatic carboxylic acids is 1. The molecule has 354 valence electrons. The number of carbonyl (C=O) groups excluding carboxylic acids is 7. The molecule has 64 heavy (non-hydrogen) atoms. The summed E-state index contributed by atoms with van der Waals surface area (Å²) in [5.74, 6) is -7.50. The van der Waals surface area contributed by atoms with E-state index in [2.05, 4.69) is 37.2 Å². The van der Waals surface area contributed by atoms with Crippen molar-refractivity contribution in [2.24, 2.45) is 29.4 Å². The van der Waals surface area contributed by atoms with Gasteiger partial charge in [0, 0.05) is 12.8 Å². The minimum Gasteiger partial charge on any atom is -0.480 e. The van der Waals surface area contributed by atoms with Gasteiger partial charge >= 0.3 is 5.97 Å². The van der Waals surface area contributed by atoms with Crippen LogP contribution in [0.5, 0.6) is 0 Å². The second-order valence-electron chi connectivity index (χ2n) is 17.7. The number of nitrogens with one attached hydrogen (secondary N) is 7.